The summed E-state index contributed by atoms with van der Waals surface area (Å²) in [6, 6.07) is 0. The Morgan fingerprint density at radius 2 is 2.31 bits per heavy atom. The molecule has 1 aliphatic rings. The molecule has 1 aliphatic heterocycles. The largest absolute Gasteiger partial charge is 0.444 e. The number of nitrogens with zero attached hydrogens (tertiary/aromatic N) is 2. The monoisotopic (exact) mass is 242 g/mol. The summed E-state index contributed by atoms with van der Waals surface area (Å²) in [7, 11) is 0. The second-order valence-electron chi connectivity index (χ2n) is 5.01. The second kappa shape index (κ2) is 5.41. The molecule has 1 atom stereocenters. The van der Waals surface area contributed by atoms with Crippen LogP contribution in [0.15, 0.2) is 4.99 Å². The molecule has 0 aliphatic carbocycles. The van der Waals surface area contributed by atoms with E-state index in [-0.39, 0.29) is 6.09 Å². The van der Waals surface area contributed by atoms with E-state index in [0.29, 0.717) is 19.0 Å². The highest BCUT2D eigenvalue weighted by Gasteiger charge is 2.29. The van der Waals surface area contributed by atoms with Gasteiger partial charge in [-0.15, -0.1) is 0 Å². The predicted octanol–water partition coefficient (Wildman–Crippen LogP) is 2.35. The lowest BCUT2D eigenvalue weighted by Crippen LogP contribution is -2.35. The van der Waals surface area contributed by atoms with Crippen molar-refractivity contribution in [3.8, 4) is 0 Å². The third kappa shape index (κ3) is 4.29. The Bertz CT molecular complexity index is 306. The highest BCUT2D eigenvalue weighted by molar-refractivity contribution is 7.78. The molecule has 1 unspecified atom stereocenters. The molecule has 90 valence electrons. The topological polar surface area (TPSA) is 41.9 Å². The Morgan fingerprint density at radius 1 is 1.62 bits per heavy atom. The van der Waals surface area contributed by atoms with Crippen LogP contribution in [0, 0.1) is 5.92 Å². The van der Waals surface area contributed by atoms with Gasteiger partial charge in [0.2, 0.25) is 0 Å². The minimum absolute atomic E-state index is 0.235. The summed E-state index contributed by atoms with van der Waals surface area (Å²) in [5, 5.41) is 2.35. The maximum atomic E-state index is 11.7. The minimum atomic E-state index is -0.429. The number of thiocarbonyl (C=S) groups is 1. The van der Waals surface area contributed by atoms with Gasteiger partial charge in [-0.05, 0) is 45.3 Å². The molecule has 16 heavy (non-hydrogen) atoms. The Kier molecular flexibility index (Phi) is 4.44. The molecule has 0 N–H and O–H groups in total. The number of carbonyl (C=O) groups is 1. The summed E-state index contributed by atoms with van der Waals surface area (Å²) in [6.07, 6.45) is 0.723. The number of isothiocyanates is 1. The van der Waals surface area contributed by atoms with Gasteiger partial charge < -0.3 is 9.64 Å². The quantitative estimate of drug-likeness (QED) is 0.551. The fourth-order valence-electron chi connectivity index (χ4n) is 1.64. The Labute approximate surface area is 102 Å². The average Bonchev–Trinajstić information content (AvgIpc) is 2.60. The Hall–Kier alpha value is -0.930. The van der Waals surface area contributed by atoms with Crippen LogP contribution in [0.25, 0.3) is 0 Å². The van der Waals surface area contributed by atoms with Crippen LogP contribution in [0.5, 0.6) is 0 Å². The summed E-state index contributed by atoms with van der Waals surface area (Å²) in [5.41, 5.74) is -0.429. The zero-order valence-electron chi connectivity index (χ0n) is 10.0. The zero-order valence-corrected chi connectivity index (χ0v) is 10.8. The first kappa shape index (κ1) is 13.1. The van der Waals surface area contributed by atoms with Crippen LogP contribution in [0.4, 0.5) is 4.79 Å². The molecular weight excluding hydrogens is 224 g/mol. The van der Waals surface area contributed by atoms with Crippen molar-refractivity contribution in [2.24, 2.45) is 10.9 Å². The second-order valence-corrected chi connectivity index (χ2v) is 5.20. The van der Waals surface area contributed by atoms with Gasteiger partial charge in [0.25, 0.3) is 0 Å². The standard InChI is InChI=1S/C11H18N2O2S/c1-11(2,3)15-10(14)13-5-4-9(7-13)6-12-8-16/h9H,4-7H2,1-3H3. The molecule has 4 nitrogen and oxygen atoms in total. The van der Waals surface area contributed by atoms with E-state index in [9.17, 15) is 4.79 Å². The molecule has 0 saturated carbocycles. The van der Waals surface area contributed by atoms with Crippen LogP contribution < -0.4 is 0 Å². The maximum absolute atomic E-state index is 11.7. The number of amides is 1. The SMILES string of the molecule is CC(C)(C)OC(=O)N1CCC(CN=C=S)C1. The van der Waals surface area contributed by atoms with Gasteiger partial charge in [-0.25, -0.2) is 9.79 Å². The molecule has 1 amide bonds. The van der Waals surface area contributed by atoms with Gasteiger partial charge in [-0.2, -0.15) is 0 Å². The lowest BCUT2D eigenvalue weighted by atomic mass is 10.1. The number of hydrogen-bond donors (Lipinski definition) is 0. The third-order valence-corrected chi connectivity index (χ3v) is 2.48. The van der Waals surface area contributed by atoms with Crippen molar-refractivity contribution in [1.29, 1.82) is 0 Å². The van der Waals surface area contributed by atoms with E-state index in [2.05, 4.69) is 22.4 Å². The number of ether oxygens (including phenoxy) is 1. The lowest BCUT2D eigenvalue weighted by Gasteiger charge is -2.24. The van der Waals surface area contributed by atoms with Crippen molar-refractivity contribution >= 4 is 23.5 Å². The zero-order chi connectivity index (χ0) is 12.2. The normalized spacial score (nSPS) is 20.4. The van der Waals surface area contributed by atoms with Gasteiger partial charge in [0, 0.05) is 13.1 Å². The van der Waals surface area contributed by atoms with Crippen LogP contribution in [0.1, 0.15) is 27.2 Å². The van der Waals surface area contributed by atoms with Crippen LogP contribution in [-0.4, -0.2) is 41.4 Å². The van der Waals surface area contributed by atoms with Gasteiger partial charge in [0.15, 0.2) is 0 Å². The van der Waals surface area contributed by atoms with Crippen molar-refractivity contribution in [1.82, 2.24) is 4.90 Å². The van der Waals surface area contributed by atoms with Gasteiger partial charge in [-0.1, -0.05) is 0 Å². The van der Waals surface area contributed by atoms with E-state index in [0.717, 1.165) is 13.0 Å². The Balaban J connectivity index is 2.40. The summed E-state index contributed by atoms with van der Waals surface area (Å²) >= 11 is 4.52. The van der Waals surface area contributed by atoms with Crippen LogP contribution in [0.3, 0.4) is 0 Å². The first-order valence-electron chi connectivity index (χ1n) is 5.44. The summed E-state index contributed by atoms with van der Waals surface area (Å²) < 4.78 is 5.29. The van der Waals surface area contributed by atoms with E-state index in [1.54, 1.807) is 4.90 Å². The average molecular weight is 242 g/mol. The first-order valence-corrected chi connectivity index (χ1v) is 5.85. The molecule has 0 radical (unpaired) electrons. The van der Waals surface area contributed by atoms with E-state index in [4.69, 9.17) is 4.74 Å². The van der Waals surface area contributed by atoms with Crippen molar-refractivity contribution in [2.75, 3.05) is 19.6 Å². The number of carbonyl (C=O) groups excluding carboxylic acids is 1. The van der Waals surface area contributed by atoms with Gasteiger partial charge in [0.05, 0.1) is 11.7 Å². The minimum Gasteiger partial charge on any atom is -0.444 e. The molecule has 0 aromatic heterocycles. The summed E-state index contributed by atoms with van der Waals surface area (Å²) in [5.74, 6) is 0.392. The fourth-order valence-corrected chi connectivity index (χ4v) is 1.71. The van der Waals surface area contributed by atoms with Crippen molar-refractivity contribution in [2.45, 2.75) is 32.8 Å². The highest BCUT2D eigenvalue weighted by Crippen LogP contribution is 2.19. The first-order chi connectivity index (χ1) is 7.42. The summed E-state index contributed by atoms with van der Waals surface area (Å²) in [4.78, 5) is 17.4. The Morgan fingerprint density at radius 3 is 2.88 bits per heavy atom. The van der Waals surface area contributed by atoms with Crippen molar-refractivity contribution in [3.05, 3.63) is 0 Å². The number of hydrogen-bond acceptors (Lipinski definition) is 4. The van der Waals surface area contributed by atoms with Crippen molar-refractivity contribution in [3.63, 3.8) is 0 Å². The fraction of sp³-hybridized carbons (Fsp3) is 0.818. The van der Waals surface area contributed by atoms with Crippen LogP contribution in [-0.2, 0) is 4.74 Å². The molecule has 1 heterocycles. The van der Waals surface area contributed by atoms with E-state index >= 15 is 0 Å². The van der Waals surface area contributed by atoms with E-state index in [1.807, 2.05) is 20.8 Å². The number of rotatable bonds is 2. The van der Waals surface area contributed by atoms with Gasteiger partial charge in [0.1, 0.15) is 5.60 Å². The van der Waals surface area contributed by atoms with Crippen LogP contribution in [0.2, 0.25) is 0 Å². The highest BCUT2D eigenvalue weighted by atomic mass is 32.1. The molecular formula is C11H18N2O2S. The van der Waals surface area contributed by atoms with Crippen molar-refractivity contribution < 1.29 is 9.53 Å². The molecule has 0 aromatic rings. The molecule has 0 bridgehead atoms. The maximum Gasteiger partial charge on any atom is 0.410 e. The van der Waals surface area contributed by atoms with Gasteiger partial charge >= 0.3 is 6.09 Å². The van der Waals surface area contributed by atoms with Crippen LogP contribution >= 0.6 is 12.2 Å². The molecule has 1 fully saturated rings. The molecule has 1 saturated heterocycles. The smallest absolute Gasteiger partial charge is 0.410 e. The molecule has 1 rings (SSSR count). The molecule has 0 aromatic carbocycles. The molecule has 5 heteroatoms. The predicted molar refractivity (Wildman–Crippen MR) is 65.8 cm³/mol. The van der Waals surface area contributed by atoms with E-state index in [1.165, 1.54) is 0 Å². The summed E-state index contributed by atoms with van der Waals surface area (Å²) in [6.45, 7) is 7.71. The lowest BCUT2D eigenvalue weighted by molar-refractivity contribution is 0.0289. The number of aliphatic imine (C=N–C) groups is 1. The number of likely N-dealkylation sites (tertiary alicyclic amines) is 1. The van der Waals surface area contributed by atoms with E-state index < -0.39 is 5.60 Å². The molecule has 0 spiro atoms. The third-order valence-electron chi connectivity index (χ3n) is 2.35. The van der Waals surface area contributed by atoms with Gasteiger partial charge in [-0.3, -0.25) is 0 Å².